The van der Waals surface area contributed by atoms with Crippen LogP contribution in [0.4, 0.5) is 10.1 Å². The van der Waals surface area contributed by atoms with Gasteiger partial charge in [0.15, 0.2) is 11.5 Å². The Morgan fingerprint density at radius 1 is 1.07 bits per heavy atom. The number of benzene rings is 3. The molecule has 2 atom stereocenters. The van der Waals surface area contributed by atoms with Crippen molar-refractivity contribution in [2.75, 3.05) is 39.4 Å². The zero-order valence-corrected chi connectivity index (χ0v) is 23.6. The molecule has 1 N–H and O–H groups in total. The lowest BCUT2D eigenvalue weighted by atomic mass is 10.0. The molecular formula is C30H32FN5O6. The summed E-state index contributed by atoms with van der Waals surface area (Å²) in [5.41, 5.74) is 1.96. The highest BCUT2D eigenvalue weighted by molar-refractivity contribution is 6.01. The SMILES string of the molecule is COc1cc([C@@H](C(=O)NC[C@@H]2CCCO2)N(C(=O)Cn2nnc3ccccc32)c2ccc(F)cc2)cc(OC)c1OC. The third-order valence-electron chi connectivity index (χ3n) is 7.12. The zero-order valence-electron chi connectivity index (χ0n) is 23.6. The molecule has 5 rings (SSSR count). The van der Waals surface area contributed by atoms with E-state index in [2.05, 4.69) is 15.6 Å². The van der Waals surface area contributed by atoms with Crippen molar-refractivity contribution >= 4 is 28.5 Å². The van der Waals surface area contributed by atoms with Gasteiger partial charge in [-0.25, -0.2) is 9.07 Å². The highest BCUT2D eigenvalue weighted by Crippen LogP contribution is 2.41. The van der Waals surface area contributed by atoms with Crippen LogP contribution in [0.15, 0.2) is 60.7 Å². The third-order valence-corrected chi connectivity index (χ3v) is 7.12. The monoisotopic (exact) mass is 577 g/mol. The summed E-state index contributed by atoms with van der Waals surface area (Å²) in [5.74, 6) is -0.504. The number of carbonyl (C=O) groups excluding carboxylic acids is 2. The van der Waals surface area contributed by atoms with E-state index in [-0.39, 0.29) is 19.2 Å². The summed E-state index contributed by atoms with van der Waals surface area (Å²) in [4.78, 5) is 29.6. The first-order valence-corrected chi connectivity index (χ1v) is 13.5. The number of para-hydroxylation sites is 1. The third kappa shape index (κ3) is 5.98. The van der Waals surface area contributed by atoms with Crippen LogP contribution in [0.1, 0.15) is 24.4 Å². The van der Waals surface area contributed by atoms with Gasteiger partial charge in [-0.1, -0.05) is 17.3 Å². The first-order valence-electron chi connectivity index (χ1n) is 13.5. The van der Waals surface area contributed by atoms with E-state index in [4.69, 9.17) is 18.9 Å². The molecule has 0 aliphatic carbocycles. The molecule has 0 saturated carbocycles. The van der Waals surface area contributed by atoms with Gasteiger partial charge >= 0.3 is 0 Å². The number of halogens is 1. The number of carbonyl (C=O) groups is 2. The quantitative estimate of drug-likeness (QED) is 0.287. The Hall–Kier alpha value is -4.71. The zero-order chi connectivity index (χ0) is 29.6. The van der Waals surface area contributed by atoms with Crippen molar-refractivity contribution in [3.05, 3.63) is 72.0 Å². The van der Waals surface area contributed by atoms with Gasteiger partial charge in [0.2, 0.25) is 17.6 Å². The summed E-state index contributed by atoms with van der Waals surface area (Å²) in [6, 6.07) is 14.6. The van der Waals surface area contributed by atoms with Crippen LogP contribution in [0.2, 0.25) is 0 Å². The van der Waals surface area contributed by atoms with Crippen LogP contribution in [0.5, 0.6) is 17.2 Å². The maximum atomic E-state index is 14.2. The fourth-order valence-electron chi connectivity index (χ4n) is 5.07. The van der Waals surface area contributed by atoms with Gasteiger partial charge in [0.25, 0.3) is 0 Å². The van der Waals surface area contributed by atoms with Gasteiger partial charge in [-0.2, -0.15) is 0 Å². The van der Waals surface area contributed by atoms with Crippen LogP contribution < -0.4 is 24.4 Å². The number of nitrogens with one attached hydrogen (secondary N) is 1. The average molecular weight is 578 g/mol. The second kappa shape index (κ2) is 12.9. The summed E-state index contributed by atoms with van der Waals surface area (Å²) in [5, 5.41) is 11.3. The molecule has 1 aliphatic rings. The van der Waals surface area contributed by atoms with Crippen molar-refractivity contribution in [1.82, 2.24) is 20.3 Å². The molecule has 0 unspecified atom stereocenters. The van der Waals surface area contributed by atoms with Gasteiger partial charge in [-0.15, -0.1) is 5.10 Å². The van der Waals surface area contributed by atoms with Crippen LogP contribution in [-0.2, 0) is 20.9 Å². The van der Waals surface area contributed by atoms with E-state index in [0.29, 0.717) is 46.1 Å². The van der Waals surface area contributed by atoms with E-state index in [1.165, 1.54) is 55.2 Å². The van der Waals surface area contributed by atoms with E-state index >= 15 is 0 Å². The van der Waals surface area contributed by atoms with E-state index in [1.54, 1.807) is 24.3 Å². The Bertz CT molecular complexity index is 1530. The maximum absolute atomic E-state index is 14.2. The van der Waals surface area contributed by atoms with Gasteiger partial charge in [-0.05, 0) is 66.9 Å². The Morgan fingerprint density at radius 3 is 2.43 bits per heavy atom. The Morgan fingerprint density at radius 2 is 1.79 bits per heavy atom. The molecule has 2 heterocycles. The second-order valence-electron chi connectivity index (χ2n) is 9.72. The summed E-state index contributed by atoms with van der Waals surface area (Å²) in [7, 11) is 4.40. The normalized spacial score (nSPS) is 15.3. The molecule has 1 fully saturated rings. The minimum atomic E-state index is -1.21. The predicted molar refractivity (Wildman–Crippen MR) is 152 cm³/mol. The fourth-order valence-corrected chi connectivity index (χ4v) is 5.07. The number of fused-ring (bicyclic) bond motifs is 1. The number of rotatable bonds is 11. The van der Waals surface area contributed by atoms with Crippen molar-refractivity contribution in [2.24, 2.45) is 0 Å². The van der Waals surface area contributed by atoms with Gasteiger partial charge in [0, 0.05) is 18.8 Å². The molecule has 0 radical (unpaired) electrons. The number of methoxy groups -OCH3 is 3. The number of hydrogen-bond donors (Lipinski definition) is 1. The number of hydrogen-bond acceptors (Lipinski definition) is 8. The first kappa shape index (κ1) is 28.8. The van der Waals surface area contributed by atoms with Crippen molar-refractivity contribution in [3.63, 3.8) is 0 Å². The minimum absolute atomic E-state index is 0.133. The lowest BCUT2D eigenvalue weighted by molar-refractivity contribution is -0.127. The number of anilines is 1. The van der Waals surface area contributed by atoms with Crippen LogP contribution in [0.3, 0.4) is 0 Å². The predicted octanol–water partition coefficient (Wildman–Crippen LogP) is 3.67. The molecule has 0 bridgehead atoms. The number of nitrogens with zero attached hydrogens (tertiary/aromatic N) is 4. The molecule has 4 aromatic rings. The summed E-state index contributed by atoms with van der Waals surface area (Å²) in [6.45, 7) is 0.652. The number of amides is 2. The molecule has 42 heavy (non-hydrogen) atoms. The Kier molecular flexibility index (Phi) is 8.82. The van der Waals surface area contributed by atoms with Crippen LogP contribution >= 0.6 is 0 Å². The Labute approximate surface area is 242 Å². The molecule has 11 nitrogen and oxygen atoms in total. The van der Waals surface area contributed by atoms with Crippen molar-refractivity contribution < 1.29 is 32.9 Å². The van der Waals surface area contributed by atoms with Crippen molar-refractivity contribution in [2.45, 2.75) is 31.5 Å². The van der Waals surface area contributed by atoms with E-state index < -0.39 is 23.7 Å². The van der Waals surface area contributed by atoms with Crippen LogP contribution in [0.25, 0.3) is 11.0 Å². The van der Waals surface area contributed by atoms with Gasteiger partial charge in [0.1, 0.15) is 23.9 Å². The minimum Gasteiger partial charge on any atom is -0.493 e. The van der Waals surface area contributed by atoms with Crippen molar-refractivity contribution in [3.8, 4) is 17.2 Å². The van der Waals surface area contributed by atoms with Crippen molar-refractivity contribution in [1.29, 1.82) is 0 Å². The molecule has 2 amide bonds. The molecule has 1 saturated heterocycles. The fraction of sp³-hybridized carbons (Fsp3) is 0.333. The first-order chi connectivity index (χ1) is 20.4. The molecule has 1 aliphatic heterocycles. The van der Waals surface area contributed by atoms with Gasteiger partial charge in [0.05, 0.1) is 33.0 Å². The van der Waals surface area contributed by atoms with E-state index in [9.17, 15) is 14.0 Å². The topological polar surface area (TPSA) is 117 Å². The molecule has 1 aromatic heterocycles. The molecular weight excluding hydrogens is 545 g/mol. The average Bonchev–Trinajstić information content (AvgIpc) is 3.69. The molecule has 220 valence electrons. The smallest absolute Gasteiger partial charge is 0.249 e. The summed E-state index contributed by atoms with van der Waals surface area (Å²) >= 11 is 0. The maximum Gasteiger partial charge on any atom is 0.249 e. The van der Waals surface area contributed by atoms with Gasteiger partial charge in [-0.3, -0.25) is 14.5 Å². The molecule has 12 heteroatoms. The molecule has 0 spiro atoms. The lowest BCUT2D eigenvalue weighted by Gasteiger charge is -2.32. The highest BCUT2D eigenvalue weighted by atomic mass is 19.1. The van der Waals surface area contributed by atoms with E-state index in [1.807, 2.05) is 12.1 Å². The Balaban J connectivity index is 1.61. The van der Waals surface area contributed by atoms with Crippen LogP contribution in [0, 0.1) is 5.82 Å². The summed E-state index contributed by atoms with van der Waals surface area (Å²) in [6.07, 6.45) is 1.59. The van der Waals surface area contributed by atoms with Crippen LogP contribution in [-0.4, -0.2) is 67.4 Å². The number of aromatic nitrogens is 3. The summed E-state index contributed by atoms with van der Waals surface area (Å²) < 4.78 is 37.8. The highest BCUT2D eigenvalue weighted by Gasteiger charge is 2.35. The number of ether oxygens (including phenoxy) is 4. The van der Waals surface area contributed by atoms with Gasteiger partial charge < -0.3 is 24.3 Å². The second-order valence-corrected chi connectivity index (χ2v) is 9.72. The molecule has 3 aromatic carbocycles. The largest absolute Gasteiger partial charge is 0.493 e. The standard InChI is InChI=1S/C30H32FN5O6/c1-39-25-15-19(16-26(40-2)29(25)41-3)28(30(38)32-17-22-7-6-14-42-22)36(21-12-10-20(31)11-13-21)27(37)18-35-24-9-5-4-8-23(24)33-34-35/h4-5,8-13,15-16,22,28H,6-7,14,17-18H2,1-3H3,(H,32,38)/t22-,28-/m0/s1. The lowest BCUT2D eigenvalue weighted by Crippen LogP contribution is -2.46. The van der Waals surface area contributed by atoms with E-state index in [0.717, 1.165) is 12.8 Å².